The Morgan fingerprint density at radius 2 is 1.95 bits per heavy atom. The molecule has 0 bridgehead atoms. The van der Waals surface area contributed by atoms with Crippen molar-refractivity contribution < 1.29 is 13.9 Å². The molecule has 0 atom stereocenters. The topological polar surface area (TPSA) is 45.9 Å². The highest BCUT2D eigenvalue weighted by atomic mass is 35.5. The highest BCUT2D eigenvalue weighted by Gasteiger charge is 2.27. The molecule has 0 saturated carbocycles. The Labute approximate surface area is 129 Å². The monoisotopic (exact) mass is 312 g/mol. The van der Waals surface area contributed by atoms with Crippen LogP contribution >= 0.6 is 11.6 Å². The van der Waals surface area contributed by atoms with Gasteiger partial charge in [-0.05, 0) is 36.4 Å². The summed E-state index contributed by atoms with van der Waals surface area (Å²) in [6.07, 6.45) is 3.57. The number of carbonyl (C=O) groups excluding carboxylic acids is 1. The van der Waals surface area contributed by atoms with E-state index in [1.807, 2.05) is 4.90 Å². The molecule has 2 fully saturated rings. The Bertz CT molecular complexity index is 477. The number of rotatable bonds is 3. The molecule has 116 valence electrons. The third-order valence-electron chi connectivity index (χ3n) is 4.37. The molecule has 1 aromatic rings. The van der Waals surface area contributed by atoms with Gasteiger partial charge in [0.05, 0.1) is 25.0 Å². The minimum atomic E-state index is -0.0152. The quantitative estimate of drug-likeness (QED) is 0.857. The number of amides is 1. The van der Waals surface area contributed by atoms with Crippen LogP contribution in [0.15, 0.2) is 16.7 Å². The summed E-state index contributed by atoms with van der Waals surface area (Å²) in [5.74, 6) is 0.658. The standard InChI is InChI=1S/C15H21ClN2O3/c16-14-13(3-8-21-14)15(19)18-4-1-12(2-5-18)11-17-6-9-20-10-7-17/h3,8,12H,1-2,4-7,9-11H2. The molecular formula is C15H21ClN2O3. The van der Waals surface area contributed by atoms with Gasteiger partial charge in [0.1, 0.15) is 0 Å². The van der Waals surface area contributed by atoms with Gasteiger partial charge in [-0.1, -0.05) is 0 Å². The third-order valence-corrected chi connectivity index (χ3v) is 4.66. The minimum absolute atomic E-state index is 0.0152. The Kier molecular flexibility index (Phi) is 4.83. The smallest absolute Gasteiger partial charge is 0.258 e. The first-order chi connectivity index (χ1) is 10.2. The summed E-state index contributed by atoms with van der Waals surface area (Å²) >= 11 is 5.88. The van der Waals surface area contributed by atoms with Gasteiger partial charge in [-0.2, -0.15) is 0 Å². The van der Waals surface area contributed by atoms with Crippen LogP contribution in [0.5, 0.6) is 0 Å². The van der Waals surface area contributed by atoms with Crippen molar-refractivity contribution in [1.82, 2.24) is 9.80 Å². The summed E-state index contributed by atoms with van der Waals surface area (Å²) < 4.78 is 10.4. The van der Waals surface area contributed by atoms with Crippen molar-refractivity contribution in [3.63, 3.8) is 0 Å². The van der Waals surface area contributed by atoms with Crippen LogP contribution in [-0.4, -0.2) is 61.6 Å². The van der Waals surface area contributed by atoms with E-state index in [0.29, 0.717) is 11.5 Å². The van der Waals surface area contributed by atoms with Crippen molar-refractivity contribution in [1.29, 1.82) is 0 Å². The Morgan fingerprint density at radius 1 is 1.24 bits per heavy atom. The molecule has 0 spiro atoms. The molecule has 0 N–H and O–H groups in total. The molecule has 21 heavy (non-hydrogen) atoms. The number of nitrogens with zero attached hydrogens (tertiary/aromatic N) is 2. The molecule has 2 saturated heterocycles. The Morgan fingerprint density at radius 3 is 2.57 bits per heavy atom. The van der Waals surface area contributed by atoms with E-state index in [-0.39, 0.29) is 11.1 Å². The summed E-state index contributed by atoms with van der Waals surface area (Å²) in [5, 5.41) is 0.190. The fourth-order valence-corrected chi connectivity index (χ4v) is 3.28. The third kappa shape index (κ3) is 3.59. The number of morpholine rings is 1. The van der Waals surface area contributed by atoms with Gasteiger partial charge in [0.15, 0.2) is 0 Å². The van der Waals surface area contributed by atoms with Crippen molar-refractivity contribution in [2.75, 3.05) is 45.9 Å². The minimum Gasteiger partial charge on any atom is -0.452 e. The van der Waals surface area contributed by atoms with Crippen LogP contribution in [0.3, 0.4) is 0 Å². The van der Waals surface area contributed by atoms with Crippen molar-refractivity contribution in [2.24, 2.45) is 5.92 Å². The SMILES string of the molecule is O=C(c1ccoc1Cl)N1CCC(CN2CCOCC2)CC1. The second-order valence-electron chi connectivity index (χ2n) is 5.76. The summed E-state index contributed by atoms with van der Waals surface area (Å²) in [4.78, 5) is 16.7. The zero-order valence-electron chi connectivity index (χ0n) is 12.1. The van der Waals surface area contributed by atoms with E-state index in [4.69, 9.17) is 20.8 Å². The van der Waals surface area contributed by atoms with Crippen molar-refractivity contribution in [3.8, 4) is 0 Å². The summed E-state index contributed by atoms with van der Waals surface area (Å²) in [6.45, 7) is 6.47. The number of piperidine rings is 1. The molecule has 2 aliphatic rings. The maximum absolute atomic E-state index is 12.3. The Balaban J connectivity index is 1.48. The van der Waals surface area contributed by atoms with Crippen molar-refractivity contribution >= 4 is 17.5 Å². The van der Waals surface area contributed by atoms with Gasteiger partial charge < -0.3 is 14.1 Å². The molecule has 0 aromatic carbocycles. The molecule has 1 amide bonds. The molecule has 2 aliphatic heterocycles. The van der Waals surface area contributed by atoms with E-state index in [1.165, 1.54) is 6.26 Å². The summed E-state index contributed by atoms with van der Waals surface area (Å²) in [6, 6.07) is 1.64. The maximum Gasteiger partial charge on any atom is 0.258 e. The fourth-order valence-electron chi connectivity index (χ4n) is 3.08. The van der Waals surface area contributed by atoms with Gasteiger partial charge in [-0.3, -0.25) is 9.69 Å². The van der Waals surface area contributed by atoms with E-state index in [9.17, 15) is 4.79 Å². The van der Waals surface area contributed by atoms with Gasteiger partial charge in [0.25, 0.3) is 5.91 Å². The predicted octanol–water partition coefficient (Wildman–Crippen LogP) is 2.12. The second kappa shape index (κ2) is 6.81. The van der Waals surface area contributed by atoms with Crippen molar-refractivity contribution in [3.05, 3.63) is 23.1 Å². The maximum atomic E-state index is 12.3. The molecule has 5 nitrogen and oxygen atoms in total. The summed E-state index contributed by atoms with van der Waals surface area (Å²) in [7, 11) is 0. The number of furan rings is 1. The second-order valence-corrected chi connectivity index (χ2v) is 6.10. The average Bonchev–Trinajstić information content (AvgIpc) is 2.94. The molecular weight excluding hydrogens is 292 g/mol. The van der Waals surface area contributed by atoms with Gasteiger partial charge in [-0.25, -0.2) is 0 Å². The molecule has 3 rings (SSSR count). The molecule has 0 aliphatic carbocycles. The zero-order chi connectivity index (χ0) is 14.7. The molecule has 3 heterocycles. The van der Waals surface area contributed by atoms with Crippen LogP contribution in [0.4, 0.5) is 0 Å². The van der Waals surface area contributed by atoms with E-state index in [0.717, 1.165) is 58.8 Å². The predicted molar refractivity (Wildman–Crippen MR) is 79.6 cm³/mol. The van der Waals surface area contributed by atoms with Crippen LogP contribution in [0.25, 0.3) is 0 Å². The van der Waals surface area contributed by atoms with E-state index in [1.54, 1.807) is 6.07 Å². The molecule has 6 heteroatoms. The average molecular weight is 313 g/mol. The lowest BCUT2D eigenvalue weighted by molar-refractivity contribution is 0.0243. The van der Waals surface area contributed by atoms with Gasteiger partial charge in [-0.15, -0.1) is 0 Å². The largest absolute Gasteiger partial charge is 0.452 e. The normalized spacial score (nSPS) is 21.7. The van der Waals surface area contributed by atoms with Crippen LogP contribution in [0.2, 0.25) is 5.22 Å². The number of hydrogen-bond acceptors (Lipinski definition) is 4. The zero-order valence-corrected chi connectivity index (χ0v) is 12.8. The number of hydrogen-bond donors (Lipinski definition) is 0. The molecule has 0 radical (unpaired) electrons. The lowest BCUT2D eigenvalue weighted by atomic mass is 9.95. The van der Waals surface area contributed by atoms with E-state index in [2.05, 4.69) is 4.90 Å². The van der Waals surface area contributed by atoms with Gasteiger partial charge in [0, 0.05) is 32.7 Å². The number of carbonyl (C=O) groups is 1. The number of likely N-dealkylation sites (tertiary alicyclic amines) is 1. The van der Waals surface area contributed by atoms with Gasteiger partial charge >= 0.3 is 0 Å². The lowest BCUT2D eigenvalue weighted by Crippen LogP contribution is -2.44. The van der Waals surface area contributed by atoms with Crippen LogP contribution in [0.1, 0.15) is 23.2 Å². The highest BCUT2D eigenvalue weighted by Crippen LogP contribution is 2.23. The first-order valence-electron chi connectivity index (χ1n) is 7.56. The van der Waals surface area contributed by atoms with Crippen LogP contribution < -0.4 is 0 Å². The number of ether oxygens (including phenoxy) is 1. The van der Waals surface area contributed by atoms with Crippen LogP contribution in [-0.2, 0) is 4.74 Å². The first kappa shape index (κ1) is 14.9. The number of halogens is 1. The molecule has 0 unspecified atom stereocenters. The highest BCUT2D eigenvalue weighted by molar-refractivity contribution is 6.32. The summed E-state index contributed by atoms with van der Waals surface area (Å²) in [5.41, 5.74) is 0.475. The lowest BCUT2D eigenvalue weighted by Gasteiger charge is -2.36. The van der Waals surface area contributed by atoms with E-state index < -0.39 is 0 Å². The fraction of sp³-hybridized carbons (Fsp3) is 0.667. The first-order valence-corrected chi connectivity index (χ1v) is 7.94. The molecule has 1 aromatic heterocycles. The van der Waals surface area contributed by atoms with Crippen LogP contribution in [0, 0.1) is 5.92 Å². The van der Waals surface area contributed by atoms with Crippen molar-refractivity contribution in [2.45, 2.75) is 12.8 Å². The van der Waals surface area contributed by atoms with Gasteiger partial charge in [0.2, 0.25) is 5.22 Å². The van der Waals surface area contributed by atoms with E-state index >= 15 is 0 Å². The Hall–Kier alpha value is -1.04.